The van der Waals surface area contributed by atoms with Crippen LogP contribution in [-0.4, -0.2) is 38.6 Å². The molecular weight excluding hydrogens is 458 g/mol. The molecule has 0 bridgehead atoms. The monoisotopic (exact) mass is 487 g/mol. The van der Waals surface area contributed by atoms with Crippen molar-refractivity contribution < 1.29 is 18.8 Å². The first-order valence-electron chi connectivity index (χ1n) is 11.9. The average molecular weight is 488 g/mol. The molecule has 4 rings (SSSR count). The number of esters is 1. The van der Waals surface area contributed by atoms with Crippen LogP contribution in [0, 0.1) is 16.7 Å². The van der Waals surface area contributed by atoms with E-state index >= 15 is 0 Å². The maximum Gasteiger partial charge on any atom is 0.311 e. The van der Waals surface area contributed by atoms with Gasteiger partial charge >= 0.3 is 5.97 Å². The van der Waals surface area contributed by atoms with E-state index < -0.39 is 5.41 Å². The zero-order chi connectivity index (χ0) is 25.9. The van der Waals surface area contributed by atoms with E-state index in [4.69, 9.17) is 14.0 Å². The number of fused-ring (bicyclic) bond motifs is 1. The van der Waals surface area contributed by atoms with Gasteiger partial charge in [0.25, 0.3) is 5.89 Å². The van der Waals surface area contributed by atoms with E-state index in [1.807, 2.05) is 50.6 Å². The molecule has 2 aromatic carbocycles. The molecule has 2 aromatic heterocycles. The zero-order valence-corrected chi connectivity index (χ0v) is 21.1. The van der Waals surface area contributed by atoms with Gasteiger partial charge in [0.05, 0.1) is 35.4 Å². The third-order valence-electron chi connectivity index (χ3n) is 5.84. The lowest BCUT2D eigenvalue weighted by molar-refractivity contribution is -0.153. The van der Waals surface area contributed by atoms with Crippen LogP contribution < -0.4 is 4.74 Å². The van der Waals surface area contributed by atoms with Crippen LogP contribution >= 0.6 is 0 Å². The highest BCUT2D eigenvalue weighted by Gasteiger charge is 2.29. The lowest BCUT2D eigenvalue weighted by atomic mass is 9.89. The predicted molar refractivity (Wildman–Crippen MR) is 134 cm³/mol. The van der Waals surface area contributed by atoms with Crippen molar-refractivity contribution in [3.8, 4) is 34.7 Å². The third kappa shape index (κ3) is 5.08. The standard InChI is InChI=1S/C27H29N5O4/c1-6-34-26(33)27(4,5)12-13-32-22-9-7-8-20(21(22)16-29-32)24-30-25(36-31-24)18-10-11-23(35-17(2)3)19(14-18)15-28/h7-11,14,16-17H,6,12-13H2,1-5H3. The molecule has 0 amide bonds. The molecule has 186 valence electrons. The number of hydrogen-bond acceptors (Lipinski definition) is 8. The Morgan fingerprint density at radius 1 is 1.25 bits per heavy atom. The summed E-state index contributed by atoms with van der Waals surface area (Å²) in [4.78, 5) is 16.8. The summed E-state index contributed by atoms with van der Waals surface area (Å²) in [6.07, 6.45) is 2.30. The van der Waals surface area contributed by atoms with Crippen LogP contribution in [0.5, 0.6) is 5.75 Å². The molecule has 0 unspecified atom stereocenters. The quantitative estimate of drug-likeness (QED) is 0.288. The number of carbonyl (C=O) groups excluding carboxylic acids is 1. The number of carbonyl (C=O) groups is 1. The zero-order valence-electron chi connectivity index (χ0n) is 21.1. The summed E-state index contributed by atoms with van der Waals surface area (Å²) in [6, 6.07) is 13.2. The fourth-order valence-corrected chi connectivity index (χ4v) is 3.85. The molecule has 2 heterocycles. The predicted octanol–water partition coefficient (Wildman–Crippen LogP) is 5.39. The van der Waals surface area contributed by atoms with Crippen molar-refractivity contribution in [3.05, 3.63) is 48.2 Å². The molecule has 0 saturated heterocycles. The minimum Gasteiger partial charge on any atom is -0.490 e. The molecular formula is C27H29N5O4. The van der Waals surface area contributed by atoms with Gasteiger partial charge in [-0.2, -0.15) is 15.3 Å². The first-order valence-corrected chi connectivity index (χ1v) is 11.9. The molecule has 0 atom stereocenters. The summed E-state index contributed by atoms with van der Waals surface area (Å²) in [5, 5.41) is 19.1. The van der Waals surface area contributed by atoms with Gasteiger partial charge < -0.3 is 14.0 Å². The van der Waals surface area contributed by atoms with Crippen molar-refractivity contribution in [2.24, 2.45) is 5.41 Å². The Hall–Kier alpha value is -4.19. The molecule has 9 nitrogen and oxygen atoms in total. The summed E-state index contributed by atoms with van der Waals surface area (Å²) in [5.41, 5.74) is 2.09. The highest BCUT2D eigenvalue weighted by Crippen LogP contribution is 2.31. The summed E-state index contributed by atoms with van der Waals surface area (Å²) < 4.78 is 18.3. The van der Waals surface area contributed by atoms with E-state index in [0.29, 0.717) is 48.2 Å². The SMILES string of the molecule is CCOC(=O)C(C)(C)CCn1ncc2c(-c3noc(-c4ccc(OC(C)C)c(C#N)c4)n3)cccc21. The second kappa shape index (κ2) is 10.2. The lowest BCUT2D eigenvalue weighted by Crippen LogP contribution is -2.28. The van der Waals surface area contributed by atoms with Crippen molar-refractivity contribution in [1.29, 1.82) is 5.26 Å². The number of ether oxygens (including phenoxy) is 2. The van der Waals surface area contributed by atoms with Gasteiger partial charge in [0.2, 0.25) is 5.82 Å². The van der Waals surface area contributed by atoms with Crippen LogP contribution in [0.2, 0.25) is 0 Å². The van der Waals surface area contributed by atoms with Crippen molar-refractivity contribution in [2.45, 2.75) is 53.7 Å². The van der Waals surface area contributed by atoms with Crippen LogP contribution in [-0.2, 0) is 16.1 Å². The number of nitrogens with zero attached hydrogens (tertiary/aromatic N) is 5. The highest BCUT2D eigenvalue weighted by molar-refractivity contribution is 5.93. The van der Waals surface area contributed by atoms with Gasteiger partial charge in [-0.1, -0.05) is 17.3 Å². The summed E-state index contributed by atoms with van der Waals surface area (Å²) in [6.45, 7) is 10.3. The van der Waals surface area contributed by atoms with Gasteiger partial charge in [0.15, 0.2) is 0 Å². The van der Waals surface area contributed by atoms with E-state index in [0.717, 1.165) is 16.5 Å². The third-order valence-corrected chi connectivity index (χ3v) is 5.84. The molecule has 0 aliphatic carbocycles. The topological polar surface area (TPSA) is 116 Å². The van der Waals surface area contributed by atoms with Crippen molar-refractivity contribution in [1.82, 2.24) is 19.9 Å². The van der Waals surface area contributed by atoms with Crippen LogP contribution in [0.1, 0.15) is 46.6 Å². The first kappa shape index (κ1) is 24.9. The van der Waals surface area contributed by atoms with Crippen LogP contribution in [0.15, 0.2) is 47.1 Å². The number of aromatic nitrogens is 4. The molecule has 0 fully saturated rings. The smallest absolute Gasteiger partial charge is 0.311 e. The normalized spacial score (nSPS) is 11.6. The minimum atomic E-state index is -0.619. The van der Waals surface area contributed by atoms with E-state index in [1.165, 1.54) is 0 Å². The number of rotatable bonds is 9. The second-order valence-corrected chi connectivity index (χ2v) is 9.37. The maximum atomic E-state index is 12.2. The second-order valence-electron chi connectivity index (χ2n) is 9.37. The summed E-state index contributed by atoms with van der Waals surface area (Å²) in [7, 11) is 0. The Morgan fingerprint density at radius 3 is 2.78 bits per heavy atom. The largest absolute Gasteiger partial charge is 0.490 e. The fourth-order valence-electron chi connectivity index (χ4n) is 3.85. The number of benzene rings is 2. The van der Waals surface area contributed by atoms with Crippen LogP contribution in [0.3, 0.4) is 0 Å². The molecule has 0 radical (unpaired) electrons. The fraction of sp³-hybridized carbons (Fsp3) is 0.370. The van der Waals surface area contributed by atoms with Gasteiger partial charge in [-0.15, -0.1) is 0 Å². The van der Waals surface area contributed by atoms with Gasteiger partial charge in [-0.3, -0.25) is 9.48 Å². The van der Waals surface area contributed by atoms with E-state index in [-0.39, 0.29) is 12.1 Å². The molecule has 0 aliphatic rings. The van der Waals surface area contributed by atoms with E-state index in [1.54, 1.807) is 31.3 Å². The molecule has 0 N–H and O–H groups in total. The Bertz CT molecular complexity index is 1430. The molecule has 9 heteroatoms. The van der Waals surface area contributed by atoms with Crippen LogP contribution in [0.25, 0.3) is 33.7 Å². The Kier molecular flexibility index (Phi) is 7.06. The molecule has 36 heavy (non-hydrogen) atoms. The molecule has 0 spiro atoms. The summed E-state index contributed by atoms with van der Waals surface area (Å²) >= 11 is 0. The van der Waals surface area contributed by atoms with Crippen molar-refractivity contribution in [2.75, 3.05) is 6.61 Å². The Morgan fingerprint density at radius 2 is 2.06 bits per heavy atom. The van der Waals surface area contributed by atoms with E-state index in [2.05, 4.69) is 21.3 Å². The maximum absolute atomic E-state index is 12.2. The molecule has 4 aromatic rings. The van der Waals surface area contributed by atoms with Gasteiger partial charge in [0.1, 0.15) is 11.8 Å². The number of hydrogen-bond donors (Lipinski definition) is 0. The summed E-state index contributed by atoms with van der Waals surface area (Å²) in [5.74, 6) is 1.02. The van der Waals surface area contributed by atoms with E-state index in [9.17, 15) is 10.1 Å². The lowest BCUT2D eigenvalue weighted by Gasteiger charge is -2.22. The number of aryl methyl sites for hydroxylation is 1. The van der Waals surface area contributed by atoms with Gasteiger partial charge in [-0.25, -0.2) is 0 Å². The van der Waals surface area contributed by atoms with Gasteiger partial charge in [0, 0.05) is 23.1 Å². The number of nitriles is 1. The van der Waals surface area contributed by atoms with Crippen molar-refractivity contribution in [3.63, 3.8) is 0 Å². The molecule has 0 saturated carbocycles. The van der Waals surface area contributed by atoms with Crippen LogP contribution in [0.4, 0.5) is 0 Å². The Balaban J connectivity index is 1.60. The van der Waals surface area contributed by atoms with Crippen molar-refractivity contribution >= 4 is 16.9 Å². The highest BCUT2D eigenvalue weighted by atomic mass is 16.5. The van der Waals surface area contributed by atoms with Gasteiger partial charge in [-0.05, 0) is 65.3 Å². The first-order chi connectivity index (χ1) is 17.2. The Labute approximate surface area is 209 Å². The molecule has 0 aliphatic heterocycles. The average Bonchev–Trinajstić information content (AvgIpc) is 3.50. The minimum absolute atomic E-state index is 0.0457.